The number of imide groups is 2. The van der Waals surface area contributed by atoms with Crippen molar-refractivity contribution in [2.75, 3.05) is 19.4 Å². The van der Waals surface area contributed by atoms with Gasteiger partial charge in [-0.05, 0) is 23.3 Å². The van der Waals surface area contributed by atoms with Crippen LogP contribution in [0.25, 0.3) is 11.1 Å². The Labute approximate surface area is 150 Å². The molecule has 2 aromatic carbocycles. The van der Waals surface area contributed by atoms with Crippen molar-refractivity contribution in [3.8, 4) is 11.1 Å². The number of carbonyl (C=O) groups excluding carboxylic acids is 4. The quantitative estimate of drug-likeness (QED) is 0.857. The van der Waals surface area contributed by atoms with Crippen LogP contribution in [-0.2, 0) is 14.4 Å². The molecule has 7 nitrogen and oxygen atoms in total. The van der Waals surface area contributed by atoms with Crippen LogP contribution in [0.2, 0.25) is 0 Å². The number of nitrogens with one attached hydrogen (secondary N) is 1. The number of anilines is 1. The molecule has 1 saturated heterocycles. The predicted octanol–water partition coefficient (Wildman–Crippen LogP) is 1.96. The van der Waals surface area contributed by atoms with E-state index in [-0.39, 0.29) is 0 Å². The highest BCUT2D eigenvalue weighted by atomic mass is 16.2. The van der Waals surface area contributed by atoms with Gasteiger partial charge in [-0.1, -0.05) is 42.5 Å². The fourth-order valence-electron chi connectivity index (χ4n) is 2.72. The number of rotatable bonds is 3. The highest BCUT2D eigenvalue weighted by Crippen LogP contribution is 2.22. The van der Waals surface area contributed by atoms with Crippen molar-refractivity contribution in [3.63, 3.8) is 0 Å². The van der Waals surface area contributed by atoms with Gasteiger partial charge in [0.1, 0.15) is 0 Å². The summed E-state index contributed by atoms with van der Waals surface area (Å²) in [4.78, 5) is 50.0. The van der Waals surface area contributed by atoms with Crippen molar-refractivity contribution in [1.82, 2.24) is 9.80 Å². The van der Waals surface area contributed by atoms with E-state index >= 15 is 0 Å². The van der Waals surface area contributed by atoms with Crippen LogP contribution in [0.1, 0.15) is 0 Å². The Hall–Kier alpha value is -3.48. The van der Waals surface area contributed by atoms with Gasteiger partial charge < -0.3 is 5.32 Å². The first-order valence-electron chi connectivity index (χ1n) is 7.95. The van der Waals surface area contributed by atoms with Crippen molar-refractivity contribution >= 4 is 29.4 Å². The predicted molar refractivity (Wildman–Crippen MR) is 94.9 cm³/mol. The van der Waals surface area contributed by atoms with Gasteiger partial charge in [0.05, 0.1) is 0 Å². The maximum Gasteiger partial charge on any atom is 0.332 e. The summed E-state index contributed by atoms with van der Waals surface area (Å²) in [5, 5.41) is 2.56. The molecule has 1 aliphatic heterocycles. The summed E-state index contributed by atoms with van der Waals surface area (Å²) in [5.74, 6) is -4.01. The minimum atomic E-state index is -1.57. The normalized spacial score (nSPS) is 15.4. The van der Waals surface area contributed by atoms with E-state index in [0.29, 0.717) is 5.69 Å². The van der Waals surface area contributed by atoms with E-state index in [0.717, 1.165) is 20.9 Å². The first kappa shape index (κ1) is 17.3. The van der Waals surface area contributed by atoms with E-state index in [4.69, 9.17) is 0 Å². The summed E-state index contributed by atoms with van der Waals surface area (Å²) in [5.41, 5.74) is 2.46. The lowest BCUT2D eigenvalue weighted by atomic mass is 10.0. The maximum atomic E-state index is 12.4. The molecule has 7 heteroatoms. The van der Waals surface area contributed by atoms with Crippen LogP contribution in [0.5, 0.6) is 0 Å². The highest BCUT2D eigenvalue weighted by Gasteiger charge is 2.46. The molecule has 1 aliphatic rings. The lowest BCUT2D eigenvalue weighted by Crippen LogP contribution is -2.59. The Bertz CT molecular complexity index is 853. The molecule has 2 aromatic rings. The minimum absolute atomic E-state index is 0.456. The van der Waals surface area contributed by atoms with Crippen LogP contribution in [-0.4, -0.2) is 47.6 Å². The third-order valence-electron chi connectivity index (χ3n) is 4.25. The Kier molecular flexibility index (Phi) is 4.53. The molecule has 132 valence electrons. The summed E-state index contributed by atoms with van der Waals surface area (Å²) in [7, 11) is 2.48. The molecule has 0 saturated carbocycles. The minimum Gasteiger partial charge on any atom is -0.325 e. The van der Waals surface area contributed by atoms with Gasteiger partial charge in [-0.15, -0.1) is 0 Å². The molecule has 0 unspecified atom stereocenters. The number of amides is 5. The molecule has 0 radical (unpaired) electrons. The number of nitrogens with zero attached hydrogens (tertiary/aromatic N) is 2. The number of benzene rings is 2. The number of hydrogen-bond donors (Lipinski definition) is 1. The van der Waals surface area contributed by atoms with E-state index in [1.807, 2.05) is 42.5 Å². The zero-order valence-corrected chi connectivity index (χ0v) is 14.3. The van der Waals surface area contributed by atoms with Crippen molar-refractivity contribution in [2.24, 2.45) is 5.92 Å². The lowest BCUT2D eigenvalue weighted by Gasteiger charge is -2.32. The molecule has 0 atom stereocenters. The van der Waals surface area contributed by atoms with Gasteiger partial charge in [-0.2, -0.15) is 0 Å². The topological polar surface area (TPSA) is 86.8 Å². The first-order valence-corrected chi connectivity index (χ1v) is 7.95. The zero-order chi connectivity index (χ0) is 18.8. The summed E-state index contributed by atoms with van der Waals surface area (Å²) in [6.45, 7) is 0. The molecule has 3 rings (SSSR count). The van der Waals surface area contributed by atoms with Gasteiger partial charge in [-0.25, -0.2) is 4.79 Å². The molecule has 26 heavy (non-hydrogen) atoms. The van der Waals surface area contributed by atoms with E-state index in [1.54, 1.807) is 12.1 Å². The van der Waals surface area contributed by atoms with E-state index < -0.39 is 29.7 Å². The van der Waals surface area contributed by atoms with E-state index in [9.17, 15) is 19.2 Å². The number of hydrogen-bond acceptors (Lipinski definition) is 4. The molecule has 0 bridgehead atoms. The average molecular weight is 351 g/mol. The zero-order valence-electron chi connectivity index (χ0n) is 14.3. The van der Waals surface area contributed by atoms with Gasteiger partial charge in [0.2, 0.25) is 5.91 Å². The molecule has 5 amide bonds. The third-order valence-corrected chi connectivity index (χ3v) is 4.25. The van der Waals surface area contributed by atoms with Gasteiger partial charge in [-0.3, -0.25) is 24.2 Å². The number of carbonyl (C=O) groups is 4. The fourth-order valence-corrected chi connectivity index (χ4v) is 2.72. The Balaban J connectivity index is 1.76. The van der Waals surface area contributed by atoms with Crippen LogP contribution in [0.15, 0.2) is 54.6 Å². The van der Waals surface area contributed by atoms with E-state index in [2.05, 4.69) is 5.32 Å². The summed E-state index contributed by atoms with van der Waals surface area (Å²) in [6.07, 6.45) is 0. The van der Waals surface area contributed by atoms with Gasteiger partial charge >= 0.3 is 6.03 Å². The van der Waals surface area contributed by atoms with Crippen molar-refractivity contribution in [2.45, 2.75) is 0 Å². The SMILES string of the molecule is CN1C(=O)C(C(=O)Nc2ccc(-c3ccccc3)cc2)C(=O)N(C)C1=O. The Morgan fingerprint density at radius 1 is 0.808 bits per heavy atom. The summed E-state index contributed by atoms with van der Waals surface area (Å²) >= 11 is 0. The maximum absolute atomic E-state index is 12.4. The second-order valence-corrected chi connectivity index (χ2v) is 5.94. The molecule has 0 aliphatic carbocycles. The lowest BCUT2D eigenvalue weighted by molar-refractivity contribution is -0.151. The second kappa shape index (κ2) is 6.79. The highest BCUT2D eigenvalue weighted by molar-refractivity contribution is 6.27. The van der Waals surface area contributed by atoms with Crippen LogP contribution in [0, 0.1) is 5.92 Å². The van der Waals surface area contributed by atoms with Crippen molar-refractivity contribution in [3.05, 3.63) is 54.6 Å². The first-order chi connectivity index (χ1) is 12.4. The molecule has 1 N–H and O–H groups in total. The van der Waals surface area contributed by atoms with Gasteiger partial charge in [0.15, 0.2) is 5.92 Å². The number of urea groups is 1. The average Bonchev–Trinajstić information content (AvgIpc) is 2.66. The number of barbiturate groups is 1. The molecular formula is C19H17N3O4. The molecule has 1 fully saturated rings. The van der Waals surface area contributed by atoms with Crippen molar-refractivity contribution in [1.29, 1.82) is 0 Å². The van der Waals surface area contributed by atoms with Crippen LogP contribution >= 0.6 is 0 Å². The summed E-state index contributed by atoms with van der Waals surface area (Å²) < 4.78 is 0. The molecule has 0 spiro atoms. The largest absolute Gasteiger partial charge is 0.332 e. The smallest absolute Gasteiger partial charge is 0.325 e. The van der Waals surface area contributed by atoms with Crippen LogP contribution in [0.3, 0.4) is 0 Å². The standard InChI is InChI=1S/C19H17N3O4/c1-21-17(24)15(18(25)22(2)19(21)26)16(23)20-14-10-8-13(9-11-14)12-6-4-3-5-7-12/h3-11,15H,1-2H3,(H,20,23). The van der Waals surface area contributed by atoms with Crippen molar-refractivity contribution < 1.29 is 19.2 Å². The molecule has 1 heterocycles. The Morgan fingerprint density at radius 3 is 1.85 bits per heavy atom. The van der Waals surface area contributed by atoms with Crippen LogP contribution in [0.4, 0.5) is 10.5 Å². The van der Waals surface area contributed by atoms with Crippen LogP contribution < -0.4 is 5.32 Å². The monoisotopic (exact) mass is 351 g/mol. The van der Waals surface area contributed by atoms with Gasteiger partial charge in [0, 0.05) is 19.8 Å². The third kappa shape index (κ3) is 3.06. The second-order valence-electron chi connectivity index (χ2n) is 5.94. The molecule has 0 aromatic heterocycles. The summed E-state index contributed by atoms with van der Waals surface area (Å²) in [6, 6.07) is 16.0. The van der Waals surface area contributed by atoms with E-state index in [1.165, 1.54) is 14.1 Å². The fraction of sp³-hybridized carbons (Fsp3) is 0.158. The van der Waals surface area contributed by atoms with Gasteiger partial charge in [0.25, 0.3) is 11.8 Å². The molecular weight excluding hydrogens is 334 g/mol. The Morgan fingerprint density at radius 2 is 1.31 bits per heavy atom.